The normalized spacial score (nSPS) is 14.5. The van der Waals surface area contributed by atoms with Crippen molar-refractivity contribution >= 4 is 16.5 Å². The van der Waals surface area contributed by atoms with E-state index in [9.17, 15) is 5.21 Å². The fourth-order valence-electron chi connectivity index (χ4n) is 3.20. The van der Waals surface area contributed by atoms with Gasteiger partial charge in [0.15, 0.2) is 5.76 Å². The second kappa shape index (κ2) is 9.43. The Bertz CT molecular complexity index is 1180. The lowest BCUT2D eigenvalue weighted by Crippen LogP contribution is -2.30. The number of fused-ring (bicyclic) bond motifs is 2. The summed E-state index contributed by atoms with van der Waals surface area (Å²) in [5, 5.41) is 17.0. The highest BCUT2D eigenvalue weighted by atomic mass is 16.5. The topological polar surface area (TPSA) is 93.5 Å². The lowest BCUT2D eigenvalue weighted by molar-refractivity contribution is 0.109. The molecule has 1 fully saturated rings. The smallest absolute Gasteiger partial charge is 0.155 e. The Morgan fingerprint density at radius 1 is 1.20 bits per heavy atom. The van der Waals surface area contributed by atoms with E-state index < -0.39 is 0 Å². The summed E-state index contributed by atoms with van der Waals surface area (Å²) >= 11 is 0. The number of hydrogen-bond donors (Lipinski definition) is 2. The SMILES string of the molecule is C1COCCN1.CCOc1ccc2oc(-c3cc4cccn4cn3)cc(=NO)c2c1. The van der Waals surface area contributed by atoms with Gasteiger partial charge in [-0.3, -0.25) is 0 Å². The molecule has 4 heterocycles. The van der Waals surface area contributed by atoms with Gasteiger partial charge in [0.05, 0.1) is 31.5 Å². The largest absolute Gasteiger partial charge is 0.494 e. The Morgan fingerprint density at radius 2 is 2.07 bits per heavy atom. The third kappa shape index (κ3) is 4.45. The highest BCUT2D eigenvalue weighted by Gasteiger charge is 2.09. The first kappa shape index (κ1) is 19.9. The molecular weight excluding hydrogens is 384 g/mol. The first-order chi connectivity index (χ1) is 14.8. The molecule has 2 N–H and O–H groups in total. The van der Waals surface area contributed by atoms with Crippen molar-refractivity contribution in [2.45, 2.75) is 6.92 Å². The molecule has 0 amide bonds. The van der Waals surface area contributed by atoms with Crippen LogP contribution in [0, 0.1) is 0 Å². The predicted molar refractivity (Wildman–Crippen MR) is 113 cm³/mol. The summed E-state index contributed by atoms with van der Waals surface area (Å²) < 4.78 is 18.4. The van der Waals surface area contributed by atoms with Gasteiger partial charge in [-0.15, -0.1) is 0 Å². The summed E-state index contributed by atoms with van der Waals surface area (Å²) in [5.74, 6) is 1.23. The maximum atomic E-state index is 9.38. The fraction of sp³-hybridized carbons (Fsp3) is 0.273. The average molecular weight is 408 g/mol. The average Bonchev–Trinajstić information content (AvgIpc) is 3.28. The van der Waals surface area contributed by atoms with E-state index in [0.29, 0.717) is 40.1 Å². The maximum Gasteiger partial charge on any atom is 0.155 e. The van der Waals surface area contributed by atoms with Crippen LogP contribution >= 0.6 is 0 Å². The van der Waals surface area contributed by atoms with Gasteiger partial charge in [0.25, 0.3) is 0 Å². The van der Waals surface area contributed by atoms with Gasteiger partial charge < -0.3 is 28.8 Å². The van der Waals surface area contributed by atoms with Gasteiger partial charge in [-0.25, -0.2) is 4.98 Å². The molecule has 0 unspecified atom stereocenters. The van der Waals surface area contributed by atoms with Gasteiger partial charge in [-0.1, -0.05) is 5.16 Å². The van der Waals surface area contributed by atoms with E-state index in [-0.39, 0.29) is 0 Å². The van der Waals surface area contributed by atoms with E-state index in [0.717, 1.165) is 31.8 Å². The minimum Gasteiger partial charge on any atom is -0.494 e. The third-order valence-electron chi connectivity index (χ3n) is 4.65. The van der Waals surface area contributed by atoms with Crippen LogP contribution in [-0.4, -0.2) is 47.5 Å². The molecule has 1 aromatic carbocycles. The van der Waals surface area contributed by atoms with Gasteiger partial charge in [0, 0.05) is 30.9 Å². The number of hydrogen-bond acceptors (Lipinski definition) is 7. The molecule has 30 heavy (non-hydrogen) atoms. The van der Waals surface area contributed by atoms with Crippen molar-refractivity contribution in [1.29, 1.82) is 0 Å². The van der Waals surface area contributed by atoms with Gasteiger partial charge in [-0.05, 0) is 43.3 Å². The lowest BCUT2D eigenvalue weighted by Gasteiger charge is -2.10. The van der Waals surface area contributed by atoms with E-state index in [1.165, 1.54) is 0 Å². The summed E-state index contributed by atoms with van der Waals surface area (Å²) in [7, 11) is 0. The summed E-state index contributed by atoms with van der Waals surface area (Å²) in [6.45, 7) is 6.31. The second-order valence-corrected chi connectivity index (χ2v) is 6.66. The molecule has 8 nitrogen and oxygen atoms in total. The van der Waals surface area contributed by atoms with Crippen LogP contribution in [0.1, 0.15) is 6.92 Å². The highest BCUT2D eigenvalue weighted by molar-refractivity contribution is 5.80. The number of nitrogens with one attached hydrogen (secondary N) is 1. The Balaban J connectivity index is 0.000000313. The number of ether oxygens (including phenoxy) is 2. The number of nitrogens with zero attached hydrogens (tertiary/aromatic N) is 3. The van der Waals surface area contributed by atoms with Crippen LogP contribution in [0.15, 0.2) is 64.6 Å². The van der Waals surface area contributed by atoms with Crippen molar-refractivity contribution in [1.82, 2.24) is 14.7 Å². The van der Waals surface area contributed by atoms with Crippen molar-refractivity contribution in [3.63, 3.8) is 0 Å². The van der Waals surface area contributed by atoms with Crippen LogP contribution in [0.2, 0.25) is 0 Å². The molecule has 4 aromatic rings. The van der Waals surface area contributed by atoms with Gasteiger partial charge in [0.1, 0.15) is 22.4 Å². The van der Waals surface area contributed by atoms with Crippen LogP contribution in [0.4, 0.5) is 0 Å². The van der Waals surface area contributed by atoms with Crippen molar-refractivity contribution < 1.29 is 19.1 Å². The van der Waals surface area contributed by atoms with E-state index in [4.69, 9.17) is 13.9 Å². The van der Waals surface area contributed by atoms with Crippen LogP contribution in [0.3, 0.4) is 0 Å². The molecule has 0 aliphatic carbocycles. The first-order valence-corrected chi connectivity index (χ1v) is 9.89. The molecule has 0 spiro atoms. The molecule has 5 rings (SSSR count). The van der Waals surface area contributed by atoms with Crippen LogP contribution < -0.4 is 15.4 Å². The molecule has 1 aliphatic rings. The third-order valence-corrected chi connectivity index (χ3v) is 4.65. The number of morpholine rings is 1. The quantitative estimate of drug-likeness (QED) is 0.400. The monoisotopic (exact) mass is 408 g/mol. The minimum absolute atomic E-state index is 0.407. The predicted octanol–water partition coefficient (Wildman–Crippen LogP) is 3.04. The zero-order valence-corrected chi connectivity index (χ0v) is 16.7. The molecule has 3 aromatic heterocycles. The van der Waals surface area contributed by atoms with E-state index in [1.807, 2.05) is 41.8 Å². The van der Waals surface area contributed by atoms with E-state index in [2.05, 4.69) is 15.5 Å². The van der Waals surface area contributed by atoms with Crippen LogP contribution in [-0.2, 0) is 4.74 Å². The lowest BCUT2D eigenvalue weighted by atomic mass is 10.2. The van der Waals surface area contributed by atoms with E-state index in [1.54, 1.807) is 24.5 Å². The zero-order valence-electron chi connectivity index (χ0n) is 16.7. The van der Waals surface area contributed by atoms with E-state index >= 15 is 0 Å². The molecule has 0 atom stereocenters. The van der Waals surface area contributed by atoms with Gasteiger partial charge in [0.2, 0.25) is 0 Å². The summed E-state index contributed by atoms with van der Waals surface area (Å²) in [4.78, 5) is 4.40. The molecule has 0 bridgehead atoms. The van der Waals surface area contributed by atoms with Crippen LogP contribution in [0.5, 0.6) is 5.75 Å². The molecule has 0 saturated carbocycles. The summed E-state index contributed by atoms with van der Waals surface area (Å²) in [6, 6.07) is 12.9. The summed E-state index contributed by atoms with van der Waals surface area (Å²) in [6.07, 6.45) is 3.64. The zero-order chi connectivity index (χ0) is 20.8. The number of aromatic nitrogens is 2. The van der Waals surface area contributed by atoms with Crippen molar-refractivity contribution in [2.75, 3.05) is 32.9 Å². The maximum absolute atomic E-state index is 9.38. The molecular formula is C22H24N4O4. The van der Waals surface area contributed by atoms with Gasteiger partial charge in [-0.2, -0.15) is 0 Å². The van der Waals surface area contributed by atoms with Crippen molar-refractivity contribution in [2.24, 2.45) is 5.16 Å². The molecule has 0 radical (unpaired) electrons. The standard InChI is InChI=1S/C18H15N3O3.C4H9NO/c1-2-23-13-5-6-17-14(9-13)15(20-22)10-18(24-17)16-8-12-4-3-7-21(12)11-19-16;1-3-6-4-2-5-1/h3-11,22H,2H2,1H3;5H,1-4H2. The molecule has 156 valence electrons. The Morgan fingerprint density at radius 3 is 2.77 bits per heavy atom. The number of rotatable bonds is 3. The van der Waals surface area contributed by atoms with Crippen LogP contribution in [0.25, 0.3) is 27.9 Å². The van der Waals surface area contributed by atoms with Gasteiger partial charge >= 0.3 is 0 Å². The second-order valence-electron chi connectivity index (χ2n) is 6.66. The Labute approximate surface area is 173 Å². The number of benzene rings is 1. The first-order valence-electron chi connectivity index (χ1n) is 9.89. The Kier molecular flexibility index (Phi) is 6.26. The molecule has 1 aliphatic heterocycles. The van der Waals surface area contributed by atoms with Crippen molar-refractivity contribution in [3.05, 3.63) is 60.3 Å². The fourth-order valence-corrected chi connectivity index (χ4v) is 3.20. The summed E-state index contributed by atoms with van der Waals surface area (Å²) in [5.41, 5.74) is 2.27. The Hall–Kier alpha value is -3.36. The molecule has 1 saturated heterocycles. The molecule has 8 heteroatoms. The minimum atomic E-state index is 0.407. The van der Waals surface area contributed by atoms with Crippen molar-refractivity contribution in [3.8, 4) is 17.2 Å². The highest BCUT2D eigenvalue weighted by Crippen LogP contribution is 2.24.